The van der Waals surface area contributed by atoms with E-state index < -0.39 is 60.2 Å². The lowest BCUT2D eigenvalue weighted by Crippen LogP contribution is -2.58. The molecule has 0 unspecified atom stereocenters. The van der Waals surface area contributed by atoms with Crippen molar-refractivity contribution < 1.29 is 29.1 Å². The summed E-state index contributed by atoms with van der Waals surface area (Å²) in [5.41, 5.74) is 0.820. The average Bonchev–Trinajstić information content (AvgIpc) is 2.75. The molecule has 1 rings (SSSR count). The van der Waals surface area contributed by atoms with Crippen LogP contribution in [0.15, 0.2) is 30.3 Å². The highest BCUT2D eigenvalue weighted by molar-refractivity contribution is 5.94. The molecule has 0 radical (unpaired) electrons. The Kier molecular flexibility index (Phi) is 11.2. The highest BCUT2D eigenvalue weighted by Gasteiger charge is 2.30. The summed E-state index contributed by atoms with van der Waals surface area (Å²) in [7, 11) is 0. The first-order chi connectivity index (χ1) is 15.9. The number of carbonyl (C=O) groups excluding carboxylic acids is 4. The number of aliphatic carboxylic acids is 1. The van der Waals surface area contributed by atoms with Gasteiger partial charge in [0.25, 0.3) is 0 Å². The van der Waals surface area contributed by atoms with E-state index in [0.29, 0.717) is 0 Å². The van der Waals surface area contributed by atoms with Crippen LogP contribution in [0.2, 0.25) is 0 Å². The standard InChI is InChI=1S/C23H31N5O6/c1-13(2)20(23(34)25-14(3)21(32)27-17(12-24)11-19(30)31)28-22(33)18(26-15(4)29)10-16-8-6-5-7-9-16/h5-9,13-14,17-18,20H,10-11H2,1-4H3,(H,25,34)(H,26,29)(H,27,32)(H,28,33)(H,30,31)/t14-,17-,18-,20-/m0/s1. The van der Waals surface area contributed by atoms with Gasteiger partial charge in [0.1, 0.15) is 24.2 Å². The van der Waals surface area contributed by atoms with Crippen molar-refractivity contribution in [2.24, 2.45) is 5.92 Å². The smallest absolute Gasteiger partial charge is 0.306 e. The monoisotopic (exact) mass is 473 g/mol. The van der Waals surface area contributed by atoms with E-state index in [1.807, 2.05) is 30.3 Å². The normalized spacial score (nSPS) is 14.0. The third-order valence-corrected chi connectivity index (χ3v) is 4.83. The van der Waals surface area contributed by atoms with E-state index in [4.69, 9.17) is 10.4 Å². The Morgan fingerprint density at radius 2 is 1.53 bits per heavy atom. The molecule has 11 nitrogen and oxygen atoms in total. The molecule has 0 spiro atoms. The van der Waals surface area contributed by atoms with Gasteiger partial charge in [-0.1, -0.05) is 44.2 Å². The van der Waals surface area contributed by atoms with E-state index in [0.717, 1.165) is 5.56 Å². The highest BCUT2D eigenvalue weighted by atomic mass is 16.4. The van der Waals surface area contributed by atoms with Gasteiger partial charge in [-0.15, -0.1) is 0 Å². The zero-order valence-corrected chi connectivity index (χ0v) is 19.6. The first kappa shape index (κ1) is 28.1. The number of nitrogens with one attached hydrogen (secondary N) is 4. The molecule has 11 heteroatoms. The van der Waals surface area contributed by atoms with Gasteiger partial charge >= 0.3 is 5.97 Å². The minimum absolute atomic E-state index is 0.219. The van der Waals surface area contributed by atoms with Crippen LogP contribution in [0.25, 0.3) is 0 Å². The predicted molar refractivity (Wildman–Crippen MR) is 122 cm³/mol. The van der Waals surface area contributed by atoms with Crippen molar-refractivity contribution in [2.45, 2.75) is 64.7 Å². The first-order valence-corrected chi connectivity index (χ1v) is 10.8. The van der Waals surface area contributed by atoms with Crippen molar-refractivity contribution in [3.05, 3.63) is 35.9 Å². The molecule has 1 aromatic rings. The quantitative estimate of drug-likeness (QED) is 0.280. The van der Waals surface area contributed by atoms with Gasteiger partial charge < -0.3 is 26.4 Å². The molecule has 0 aliphatic rings. The Morgan fingerprint density at radius 3 is 2.03 bits per heavy atom. The molecule has 0 heterocycles. The van der Waals surface area contributed by atoms with Gasteiger partial charge in [0.05, 0.1) is 12.5 Å². The maximum atomic E-state index is 12.9. The summed E-state index contributed by atoms with van der Waals surface area (Å²) in [5.74, 6) is -3.95. The summed E-state index contributed by atoms with van der Waals surface area (Å²) < 4.78 is 0. The molecule has 0 saturated carbocycles. The molecule has 184 valence electrons. The number of hydrogen-bond acceptors (Lipinski definition) is 6. The average molecular weight is 474 g/mol. The van der Waals surface area contributed by atoms with E-state index in [2.05, 4.69) is 21.3 Å². The molecule has 5 N–H and O–H groups in total. The van der Waals surface area contributed by atoms with E-state index in [-0.39, 0.29) is 12.3 Å². The molecular weight excluding hydrogens is 442 g/mol. The minimum atomic E-state index is -1.25. The number of nitrogens with zero attached hydrogens (tertiary/aromatic N) is 1. The summed E-state index contributed by atoms with van der Waals surface area (Å²) in [6.07, 6.45) is -0.365. The van der Waals surface area contributed by atoms with Crippen LogP contribution in [0.3, 0.4) is 0 Å². The van der Waals surface area contributed by atoms with Crippen molar-refractivity contribution >= 4 is 29.6 Å². The van der Waals surface area contributed by atoms with Crippen molar-refractivity contribution in [3.8, 4) is 6.07 Å². The van der Waals surface area contributed by atoms with Gasteiger partial charge in [0.2, 0.25) is 23.6 Å². The van der Waals surface area contributed by atoms with Crippen molar-refractivity contribution in [1.82, 2.24) is 21.3 Å². The Hall–Kier alpha value is -3.94. The Bertz CT molecular complexity index is 928. The van der Waals surface area contributed by atoms with Gasteiger partial charge in [0, 0.05) is 13.3 Å². The van der Waals surface area contributed by atoms with Gasteiger partial charge in [-0.25, -0.2) is 0 Å². The third kappa shape index (κ3) is 9.68. The number of nitriles is 1. The van der Waals surface area contributed by atoms with E-state index >= 15 is 0 Å². The van der Waals surface area contributed by atoms with Gasteiger partial charge in [-0.05, 0) is 18.4 Å². The van der Waals surface area contributed by atoms with E-state index in [1.165, 1.54) is 13.8 Å². The summed E-state index contributed by atoms with van der Waals surface area (Å²) in [6, 6.07) is 6.47. The molecular formula is C23H31N5O6. The number of rotatable bonds is 12. The number of amides is 4. The molecule has 0 bridgehead atoms. The van der Waals surface area contributed by atoms with Crippen LogP contribution in [0.1, 0.15) is 39.7 Å². The fourth-order valence-electron chi connectivity index (χ4n) is 3.06. The Morgan fingerprint density at radius 1 is 0.912 bits per heavy atom. The lowest BCUT2D eigenvalue weighted by Gasteiger charge is -2.26. The summed E-state index contributed by atoms with van der Waals surface area (Å²) >= 11 is 0. The Balaban J connectivity index is 2.86. The molecule has 34 heavy (non-hydrogen) atoms. The molecule has 4 atom stereocenters. The number of hydrogen-bond donors (Lipinski definition) is 5. The zero-order valence-electron chi connectivity index (χ0n) is 19.6. The fourth-order valence-corrected chi connectivity index (χ4v) is 3.06. The largest absolute Gasteiger partial charge is 0.481 e. The second-order valence-corrected chi connectivity index (χ2v) is 8.19. The van der Waals surface area contributed by atoms with E-state index in [1.54, 1.807) is 19.9 Å². The highest BCUT2D eigenvalue weighted by Crippen LogP contribution is 2.07. The maximum Gasteiger partial charge on any atom is 0.306 e. The maximum absolute atomic E-state index is 12.9. The second kappa shape index (κ2) is 13.6. The van der Waals surface area contributed by atoms with Crippen LogP contribution in [0, 0.1) is 17.2 Å². The molecule has 4 amide bonds. The third-order valence-electron chi connectivity index (χ3n) is 4.83. The molecule has 0 aliphatic carbocycles. The van der Waals surface area contributed by atoms with Crippen LogP contribution in [-0.4, -0.2) is 58.9 Å². The zero-order chi connectivity index (χ0) is 25.8. The lowest BCUT2D eigenvalue weighted by atomic mass is 10.0. The molecule has 0 fully saturated rings. The van der Waals surface area contributed by atoms with Crippen molar-refractivity contribution in [1.29, 1.82) is 5.26 Å². The second-order valence-electron chi connectivity index (χ2n) is 8.19. The van der Waals surface area contributed by atoms with Crippen molar-refractivity contribution in [3.63, 3.8) is 0 Å². The minimum Gasteiger partial charge on any atom is -0.481 e. The number of benzene rings is 1. The van der Waals surface area contributed by atoms with Crippen LogP contribution >= 0.6 is 0 Å². The lowest BCUT2D eigenvalue weighted by molar-refractivity contribution is -0.137. The number of carboxylic acid groups (broad SMARTS) is 1. The summed E-state index contributed by atoms with van der Waals surface area (Å²) in [6.45, 7) is 6.07. The van der Waals surface area contributed by atoms with Crippen molar-refractivity contribution in [2.75, 3.05) is 0 Å². The van der Waals surface area contributed by atoms with Gasteiger partial charge in [-0.2, -0.15) is 5.26 Å². The van der Waals surface area contributed by atoms with Gasteiger partial charge in [-0.3, -0.25) is 24.0 Å². The topological polar surface area (TPSA) is 177 Å². The SMILES string of the molecule is CC(=O)N[C@@H](Cc1ccccc1)C(=O)N[C@H](C(=O)N[C@@H](C)C(=O)N[C@H](C#N)CC(=O)O)C(C)C. The molecule has 0 aliphatic heterocycles. The van der Waals surface area contributed by atoms with Crippen LogP contribution in [0.5, 0.6) is 0 Å². The Labute approximate surface area is 198 Å². The van der Waals surface area contributed by atoms with Crippen LogP contribution < -0.4 is 21.3 Å². The predicted octanol–water partition coefficient (Wildman–Crippen LogP) is -0.138. The number of carboxylic acids is 1. The van der Waals surface area contributed by atoms with Crippen LogP contribution in [0.4, 0.5) is 0 Å². The fraction of sp³-hybridized carbons (Fsp3) is 0.478. The molecule has 0 aromatic heterocycles. The van der Waals surface area contributed by atoms with E-state index in [9.17, 15) is 24.0 Å². The number of carbonyl (C=O) groups is 5. The van der Waals surface area contributed by atoms with Crippen LogP contribution in [-0.2, 0) is 30.4 Å². The molecule has 1 aromatic carbocycles. The summed E-state index contributed by atoms with van der Waals surface area (Å²) in [5, 5.41) is 27.7. The van der Waals surface area contributed by atoms with Gasteiger partial charge in [0.15, 0.2) is 0 Å². The first-order valence-electron chi connectivity index (χ1n) is 10.8. The summed E-state index contributed by atoms with van der Waals surface area (Å²) in [4.78, 5) is 60.4. The molecule has 0 saturated heterocycles.